The Morgan fingerprint density at radius 3 is 2.17 bits per heavy atom. The first-order valence-electron chi connectivity index (χ1n) is 5.88. The van der Waals surface area contributed by atoms with Crippen LogP contribution in [0.5, 0.6) is 0 Å². The fourth-order valence-electron chi connectivity index (χ4n) is 1.53. The van der Waals surface area contributed by atoms with Crippen molar-refractivity contribution in [2.24, 2.45) is 0 Å². The van der Waals surface area contributed by atoms with Crippen LogP contribution in [-0.4, -0.2) is 25.0 Å². The molecule has 0 saturated carbocycles. The minimum atomic E-state index is -0.685. The molecule has 0 fully saturated rings. The zero-order valence-corrected chi connectivity index (χ0v) is 10.9. The van der Waals surface area contributed by atoms with Gasteiger partial charge in [-0.1, -0.05) is 30.3 Å². The van der Waals surface area contributed by atoms with E-state index in [1.165, 1.54) is 0 Å². The summed E-state index contributed by atoms with van der Waals surface area (Å²) in [5.74, 6) is -0.250. The van der Waals surface area contributed by atoms with Gasteiger partial charge >= 0.3 is 6.03 Å². The van der Waals surface area contributed by atoms with Gasteiger partial charge in [0.2, 0.25) is 5.91 Å². The summed E-state index contributed by atoms with van der Waals surface area (Å²) < 4.78 is 0. The van der Waals surface area contributed by atoms with Crippen LogP contribution in [0, 0.1) is 0 Å². The Hall–Kier alpha value is -2.04. The molecule has 5 heteroatoms. The fraction of sp³-hybridized carbons (Fsp3) is 0.385. The Morgan fingerprint density at radius 1 is 1.06 bits per heavy atom. The second kappa shape index (κ2) is 6.64. The highest BCUT2D eigenvalue weighted by Gasteiger charge is 2.21. The molecule has 1 aromatic rings. The average Bonchev–Trinajstić information content (AvgIpc) is 2.35. The van der Waals surface area contributed by atoms with Crippen LogP contribution < -0.4 is 16.0 Å². The summed E-state index contributed by atoms with van der Waals surface area (Å²) in [6, 6.07) is 8.09. The maximum absolute atomic E-state index is 11.8. The molecule has 0 saturated heterocycles. The van der Waals surface area contributed by atoms with Crippen molar-refractivity contribution in [1.82, 2.24) is 16.0 Å². The lowest BCUT2D eigenvalue weighted by atomic mass is 10.1. The van der Waals surface area contributed by atoms with Crippen LogP contribution in [0.15, 0.2) is 30.3 Å². The molecule has 1 rings (SSSR count). The standard InChI is InChI=1S/C13H19N3O2/c1-9(2)15-13(18)16-11(12(17)14-3)10-7-5-4-6-8-10/h4-9,11H,1-3H3,(H,14,17)(H2,15,16,18)/t11-/m0/s1. The van der Waals surface area contributed by atoms with Gasteiger partial charge in [0.25, 0.3) is 0 Å². The Balaban J connectivity index is 2.80. The van der Waals surface area contributed by atoms with E-state index < -0.39 is 6.04 Å². The molecule has 0 aliphatic heterocycles. The van der Waals surface area contributed by atoms with Gasteiger partial charge in [0.1, 0.15) is 6.04 Å². The van der Waals surface area contributed by atoms with E-state index in [4.69, 9.17) is 0 Å². The van der Waals surface area contributed by atoms with Gasteiger partial charge in [0.05, 0.1) is 0 Å². The summed E-state index contributed by atoms with van der Waals surface area (Å²) >= 11 is 0. The largest absolute Gasteiger partial charge is 0.357 e. The quantitative estimate of drug-likeness (QED) is 0.750. The highest BCUT2D eigenvalue weighted by molar-refractivity contribution is 5.87. The highest BCUT2D eigenvalue weighted by Crippen LogP contribution is 2.12. The molecule has 0 aliphatic carbocycles. The molecule has 3 N–H and O–H groups in total. The first-order valence-corrected chi connectivity index (χ1v) is 5.88. The molecule has 5 nitrogen and oxygen atoms in total. The van der Waals surface area contributed by atoms with E-state index in [1.807, 2.05) is 32.0 Å². The molecule has 0 unspecified atom stereocenters. The molecule has 1 atom stereocenters. The number of hydrogen-bond donors (Lipinski definition) is 3. The lowest BCUT2D eigenvalue weighted by molar-refractivity contribution is -0.122. The topological polar surface area (TPSA) is 70.2 Å². The van der Waals surface area contributed by atoms with Gasteiger partial charge in [0, 0.05) is 13.1 Å². The SMILES string of the molecule is CNC(=O)[C@@H](NC(=O)NC(C)C)c1ccccc1. The molecule has 18 heavy (non-hydrogen) atoms. The third-order valence-electron chi connectivity index (χ3n) is 2.34. The van der Waals surface area contributed by atoms with Gasteiger partial charge in [-0.05, 0) is 19.4 Å². The first kappa shape index (κ1) is 14.0. The van der Waals surface area contributed by atoms with Crippen molar-refractivity contribution >= 4 is 11.9 Å². The molecule has 3 amide bonds. The van der Waals surface area contributed by atoms with Gasteiger partial charge in [-0.25, -0.2) is 4.79 Å². The number of nitrogens with one attached hydrogen (secondary N) is 3. The number of carbonyl (C=O) groups excluding carboxylic acids is 2. The maximum atomic E-state index is 11.8. The average molecular weight is 249 g/mol. The van der Waals surface area contributed by atoms with Gasteiger partial charge in [-0.3, -0.25) is 4.79 Å². The van der Waals surface area contributed by atoms with Gasteiger partial charge in [-0.2, -0.15) is 0 Å². The zero-order valence-electron chi connectivity index (χ0n) is 10.9. The summed E-state index contributed by atoms with van der Waals surface area (Å²) in [5.41, 5.74) is 0.746. The van der Waals surface area contributed by atoms with Crippen LogP contribution in [0.2, 0.25) is 0 Å². The molecule has 0 radical (unpaired) electrons. The molecule has 1 aromatic carbocycles. The Bertz CT molecular complexity index is 404. The summed E-state index contributed by atoms with van der Waals surface area (Å²) in [6.07, 6.45) is 0. The smallest absolute Gasteiger partial charge is 0.315 e. The monoisotopic (exact) mass is 249 g/mol. The minimum absolute atomic E-state index is 0.0195. The number of hydrogen-bond acceptors (Lipinski definition) is 2. The van der Waals surface area contributed by atoms with Crippen LogP contribution in [0.1, 0.15) is 25.5 Å². The van der Waals surface area contributed by atoms with Crippen LogP contribution in [0.3, 0.4) is 0 Å². The fourth-order valence-corrected chi connectivity index (χ4v) is 1.53. The van der Waals surface area contributed by atoms with Crippen LogP contribution >= 0.6 is 0 Å². The molecule has 0 bridgehead atoms. The number of likely N-dealkylation sites (N-methyl/N-ethyl adjacent to an activating group) is 1. The van der Waals surface area contributed by atoms with Gasteiger partial charge < -0.3 is 16.0 Å². The number of amides is 3. The van der Waals surface area contributed by atoms with Crippen molar-refractivity contribution in [2.75, 3.05) is 7.05 Å². The van der Waals surface area contributed by atoms with E-state index in [0.717, 1.165) is 5.56 Å². The molecule has 0 aromatic heterocycles. The van der Waals surface area contributed by atoms with Crippen molar-refractivity contribution in [3.8, 4) is 0 Å². The van der Waals surface area contributed by atoms with E-state index in [1.54, 1.807) is 19.2 Å². The molecule has 0 spiro atoms. The molecular formula is C13H19N3O2. The van der Waals surface area contributed by atoms with Crippen LogP contribution in [0.25, 0.3) is 0 Å². The lowest BCUT2D eigenvalue weighted by Crippen LogP contribution is -2.45. The van der Waals surface area contributed by atoms with Crippen molar-refractivity contribution in [2.45, 2.75) is 25.9 Å². The third-order valence-corrected chi connectivity index (χ3v) is 2.34. The molecular weight excluding hydrogens is 230 g/mol. The molecule has 0 aliphatic rings. The maximum Gasteiger partial charge on any atom is 0.315 e. The zero-order chi connectivity index (χ0) is 13.5. The first-order chi connectivity index (χ1) is 8.54. The number of urea groups is 1. The normalized spacial score (nSPS) is 11.8. The second-order valence-electron chi connectivity index (χ2n) is 4.23. The van der Waals surface area contributed by atoms with Crippen molar-refractivity contribution in [3.63, 3.8) is 0 Å². The van der Waals surface area contributed by atoms with Crippen LogP contribution in [-0.2, 0) is 4.79 Å². The van der Waals surface area contributed by atoms with Crippen molar-refractivity contribution in [3.05, 3.63) is 35.9 Å². The number of carbonyl (C=O) groups is 2. The predicted octanol–water partition coefficient (Wildman–Crippen LogP) is 1.18. The van der Waals surface area contributed by atoms with Gasteiger partial charge in [0.15, 0.2) is 0 Å². The molecule has 0 heterocycles. The van der Waals surface area contributed by atoms with E-state index in [9.17, 15) is 9.59 Å². The summed E-state index contributed by atoms with van der Waals surface area (Å²) in [5, 5.41) is 7.89. The lowest BCUT2D eigenvalue weighted by Gasteiger charge is -2.19. The summed E-state index contributed by atoms with van der Waals surface area (Å²) in [4.78, 5) is 23.4. The summed E-state index contributed by atoms with van der Waals surface area (Å²) in [7, 11) is 1.54. The number of rotatable bonds is 4. The number of benzene rings is 1. The Labute approximate surface area is 107 Å². The Morgan fingerprint density at radius 2 is 1.67 bits per heavy atom. The van der Waals surface area contributed by atoms with Crippen molar-refractivity contribution < 1.29 is 9.59 Å². The van der Waals surface area contributed by atoms with E-state index >= 15 is 0 Å². The Kier molecular flexibility index (Phi) is 5.17. The van der Waals surface area contributed by atoms with Crippen LogP contribution in [0.4, 0.5) is 4.79 Å². The predicted molar refractivity (Wildman–Crippen MR) is 70.1 cm³/mol. The van der Waals surface area contributed by atoms with E-state index in [-0.39, 0.29) is 18.0 Å². The van der Waals surface area contributed by atoms with Gasteiger partial charge in [-0.15, -0.1) is 0 Å². The van der Waals surface area contributed by atoms with E-state index in [2.05, 4.69) is 16.0 Å². The second-order valence-corrected chi connectivity index (χ2v) is 4.23. The summed E-state index contributed by atoms with van der Waals surface area (Å²) in [6.45, 7) is 3.72. The molecule has 98 valence electrons. The third kappa shape index (κ3) is 4.08. The van der Waals surface area contributed by atoms with E-state index in [0.29, 0.717) is 0 Å². The minimum Gasteiger partial charge on any atom is -0.357 e. The van der Waals surface area contributed by atoms with Crippen molar-refractivity contribution in [1.29, 1.82) is 0 Å². The highest BCUT2D eigenvalue weighted by atomic mass is 16.2.